The van der Waals surface area contributed by atoms with Crippen molar-refractivity contribution in [3.63, 3.8) is 0 Å². The van der Waals surface area contributed by atoms with Gasteiger partial charge in [-0.1, -0.05) is 30.3 Å². The highest BCUT2D eigenvalue weighted by atomic mass is 32.1. The molecule has 0 aromatic heterocycles. The first kappa shape index (κ1) is 13.2. The van der Waals surface area contributed by atoms with Crippen LogP contribution in [0.2, 0.25) is 0 Å². The van der Waals surface area contributed by atoms with E-state index in [1.807, 2.05) is 30.3 Å². The molecule has 1 aromatic rings. The molecule has 1 aliphatic heterocycles. The van der Waals surface area contributed by atoms with Crippen molar-refractivity contribution in [3.05, 3.63) is 35.9 Å². The minimum atomic E-state index is -1.37. The largest absolute Gasteiger partial charge is 0.445 e. The lowest BCUT2D eigenvalue weighted by atomic mass is 10.1. The van der Waals surface area contributed by atoms with Crippen LogP contribution in [0.4, 0.5) is 9.18 Å². The second kappa shape index (κ2) is 5.61. The summed E-state index contributed by atoms with van der Waals surface area (Å²) in [6, 6.07) is 9.42. The van der Waals surface area contributed by atoms with E-state index in [2.05, 4.69) is 12.6 Å². The quantitative estimate of drug-likeness (QED) is 0.855. The zero-order chi connectivity index (χ0) is 13.0. The lowest BCUT2D eigenvalue weighted by Crippen LogP contribution is -2.34. The second-order valence-electron chi connectivity index (χ2n) is 4.52. The summed E-state index contributed by atoms with van der Waals surface area (Å²) < 4.78 is 19.0. The van der Waals surface area contributed by atoms with Crippen molar-refractivity contribution in [1.29, 1.82) is 0 Å². The maximum atomic E-state index is 13.9. The number of ether oxygens (including phenoxy) is 1. The van der Waals surface area contributed by atoms with Gasteiger partial charge in [0.15, 0.2) is 0 Å². The van der Waals surface area contributed by atoms with Gasteiger partial charge in [-0.25, -0.2) is 9.18 Å². The van der Waals surface area contributed by atoms with Gasteiger partial charge in [0.05, 0.1) is 6.54 Å². The number of halogens is 1. The summed E-state index contributed by atoms with van der Waals surface area (Å²) in [4.78, 5) is 13.1. The second-order valence-corrected chi connectivity index (χ2v) is 4.84. The van der Waals surface area contributed by atoms with Gasteiger partial charge < -0.3 is 9.64 Å². The van der Waals surface area contributed by atoms with E-state index in [4.69, 9.17) is 4.74 Å². The number of likely N-dealkylation sites (tertiary alicyclic amines) is 1. The lowest BCUT2D eigenvalue weighted by molar-refractivity contribution is 0.0969. The van der Waals surface area contributed by atoms with E-state index < -0.39 is 11.8 Å². The van der Waals surface area contributed by atoms with Crippen molar-refractivity contribution < 1.29 is 13.9 Å². The molecule has 1 saturated heterocycles. The lowest BCUT2D eigenvalue weighted by Gasteiger charge is -2.18. The maximum Gasteiger partial charge on any atom is 0.410 e. The van der Waals surface area contributed by atoms with Crippen LogP contribution in [0, 0.1) is 0 Å². The molecule has 18 heavy (non-hydrogen) atoms. The number of amides is 1. The van der Waals surface area contributed by atoms with Gasteiger partial charge in [0, 0.05) is 18.7 Å². The topological polar surface area (TPSA) is 29.5 Å². The van der Waals surface area contributed by atoms with Crippen LogP contribution in [-0.4, -0.2) is 35.5 Å². The van der Waals surface area contributed by atoms with E-state index >= 15 is 0 Å². The van der Waals surface area contributed by atoms with Crippen LogP contribution in [-0.2, 0) is 11.3 Å². The molecule has 1 amide bonds. The molecule has 0 radical (unpaired) electrons. The molecule has 0 N–H and O–H groups in total. The van der Waals surface area contributed by atoms with Crippen molar-refractivity contribution in [1.82, 2.24) is 4.90 Å². The number of alkyl halides is 1. The molecule has 1 atom stereocenters. The molecule has 0 saturated carbocycles. The van der Waals surface area contributed by atoms with Gasteiger partial charge in [0.1, 0.15) is 12.3 Å². The Bertz CT molecular complexity index is 415. The predicted molar refractivity (Wildman–Crippen MR) is 70.5 cm³/mol. The summed E-state index contributed by atoms with van der Waals surface area (Å²) in [6.45, 7) is 0.686. The molecule has 1 aliphatic rings. The molecule has 1 heterocycles. The standard InChI is InChI=1S/C13H16FNO2S/c14-13(10-18)6-7-15(9-13)12(16)17-8-11-4-2-1-3-5-11/h1-5,18H,6-10H2. The zero-order valence-electron chi connectivity index (χ0n) is 10.0. The predicted octanol–water partition coefficient (Wildman–Crippen LogP) is 2.67. The molecule has 98 valence electrons. The highest BCUT2D eigenvalue weighted by Crippen LogP contribution is 2.27. The number of carbonyl (C=O) groups is 1. The van der Waals surface area contributed by atoms with Gasteiger partial charge in [-0.2, -0.15) is 12.6 Å². The Morgan fingerprint density at radius 3 is 2.78 bits per heavy atom. The summed E-state index contributed by atoms with van der Waals surface area (Å²) in [6.07, 6.45) is -0.128. The highest BCUT2D eigenvalue weighted by Gasteiger charge is 2.39. The van der Waals surface area contributed by atoms with E-state index in [1.54, 1.807) is 0 Å². The Morgan fingerprint density at radius 1 is 1.44 bits per heavy atom. The summed E-state index contributed by atoms with van der Waals surface area (Å²) in [7, 11) is 0. The average molecular weight is 269 g/mol. The Hall–Kier alpha value is -1.23. The molecule has 0 bridgehead atoms. The number of rotatable bonds is 3. The molecule has 0 aliphatic carbocycles. The molecule has 3 nitrogen and oxygen atoms in total. The Kier molecular flexibility index (Phi) is 4.11. The van der Waals surface area contributed by atoms with Gasteiger partial charge in [-0.3, -0.25) is 0 Å². The van der Waals surface area contributed by atoms with E-state index in [0.717, 1.165) is 5.56 Å². The van der Waals surface area contributed by atoms with Crippen molar-refractivity contribution >= 4 is 18.7 Å². The third-order valence-electron chi connectivity index (χ3n) is 3.05. The van der Waals surface area contributed by atoms with Crippen LogP contribution < -0.4 is 0 Å². The van der Waals surface area contributed by atoms with E-state index in [1.165, 1.54) is 4.90 Å². The van der Waals surface area contributed by atoms with Crippen LogP contribution in [0.3, 0.4) is 0 Å². The first-order chi connectivity index (χ1) is 8.63. The van der Waals surface area contributed by atoms with Crippen LogP contribution in [0.1, 0.15) is 12.0 Å². The first-order valence-electron chi connectivity index (χ1n) is 5.88. The summed E-state index contributed by atoms with van der Waals surface area (Å²) in [5.74, 6) is 0.134. The fraction of sp³-hybridized carbons (Fsp3) is 0.462. The number of nitrogens with zero attached hydrogens (tertiary/aromatic N) is 1. The zero-order valence-corrected chi connectivity index (χ0v) is 10.9. The Balaban J connectivity index is 1.83. The molecule has 1 fully saturated rings. The van der Waals surface area contributed by atoms with Gasteiger partial charge >= 0.3 is 6.09 Å². The third kappa shape index (κ3) is 3.16. The van der Waals surface area contributed by atoms with E-state index in [-0.39, 0.29) is 18.9 Å². The molecular weight excluding hydrogens is 253 g/mol. The monoisotopic (exact) mass is 269 g/mol. The molecule has 1 aromatic carbocycles. The SMILES string of the molecule is O=C(OCc1ccccc1)N1CCC(F)(CS)C1. The van der Waals surface area contributed by atoms with Crippen LogP contribution in [0.15, 0.2) is 30.3 Å². The Morgan fingerprint density at radius 2 is 2.17 bits per heavy atom. The molecule has 5 heteroatoms. The van der Waals surface area contributed by atoms with Crippen molar-refractivity contribution in [2.45, 2.75) is 18.7 Å². The summed E-state index contributed by atoms with van der Waals surface area (Å²) in [5.41, 5.74) is -0.444. The van der Waals surface area contributed by atoms with Crippen LogP contribution in [0.25, 0.3) is 0 Å². The average Bonchev–Trinajstić information content (AvgIpc) is 2.81. The number of carbonyl (C=O) groups excluding carboxylic acids is 1. The number of hydrogen-bond acceptors (Lipinski definition) is 3. The number of hydrogen-bond donors (Lipinski definition) is 1. The minimum absolute atomic E-state index is 0.0735. The number of thiol groups is 1. The third-order valence-corrected chi connectivity index (χ3v) is 3.62. The maximum absolute atomic E-state index is 13.9. The normalized spacial score (nSPS) is 23.1. The summed E-state index contributed by atoms with van der Waals surface area (Å²) in [5, 5.41) is 0. The molecule has 0 spiro atoms. The Labute approximate surface area is 111 Å². The fourth-order valence-electron chi connectivity index (χ4n) is 1.93. The number of benzene rings is 1. The van der Waals surface area contributed by atoms with Gasteiger partial charge in [0.2, 0.25) is 0 Å². The van der Waals surface area contributed by atoms with Gasteiger partial charge in [0.25, 0.3) is 0 Å². The molecule has 2 rings (SSSR count). The van der Waals surface area contributed by atoms with Crippen molar-refractivity contribution in [3.8, 4) is 0 Å². The van der Waals surface area contributed by atoms with E-state index in [9.17, 15) is 9.18 Å². The smallest absolute Gasteiger partial charge is 0.410 e. The van der Waals surface area contributed by atoms with Gasteiger partial charge in [-0.15, -0.1) is 0 Å². The van der Waals surface area contributed by atoms with Crippen molar-refractivity contribution in [2.75, 3.05) is 18.8 Å². The van der Waals surface area contributed by atoms with Crippen LogP contribution in [0.5, 0.6) is 0 Å². The first-order valence-corrected chi connectivity index (χ1v) is 6.52. The minimum Gasteiger partial charge on any atom is -0.445 e. The highest BCUT2D eigenvalue weighted by molar-refractivity contribution is 7.80. The summed E-state index contributed by atoms with van der Waals surface area (Å²) >= 11 is 3.97. The van der Waals surface area contributed by atoms with E-state index in [0.29, 0.717) is 13.0 Å². The van der Waals surface area contributed by atoms with Crippen LogP contribution >= 0.6 is 12.6 Å². The molecule has 1 unspecified atom stereocenters. The molecular formula is C13H16FNO2S. The van der Waals surface area contributed by atoms with Crippen molar-refractivity contribution in [2.24, 2.45) is 0 Å². The fourth-order valence-corrected chi connectivity index (χ4v) is 2.19. The van der Waals surface area contributed by atoms with Gasteiger partial charge in [-0.05, 0) is 5.56 Å².